The van der Waals surface area contributed by atoms with Crippen molar-refractivity contribution in [1.82, 2.24) is 0 Å². The van der Waals surface area contributed by atoms with Crippen LogP contribution in [0.3, 0.4) is 0 Å². The molecule has 0 fully saturated rings. The first-order valence-corrected chi connectivity index (χ1v) is 4.81. The van der Waals surface area contributed by atoms with E-state index in [-0.39, 0.29) is 11.3 Å². The zero-order valence-electron chi connectivity index (χ0n) is 9.43. The molecule has 0 aliphatic carbocycles. The van der Waals surface area contributed by atoms with Crippen LogP contribution in [0, 0.1) is 17.0 Å². The zero-order valence-corrected chi connectivity index (χ0v) is 9.43. The molecule has 0 saturated heterocycles. The first-order chi connectivity index (χ1) is 7.97. The lowest BCUT2D eigenvalue weighted by Crippen LogP contribution is -2.11. The number of aryl methyl sites for hydroxylation is 1. The van der Waals surface area contributed by atoms with Gasteiger partial charge in [0.15, 0.2) is 5.78 Å². The second kappa shape index (κ2) is 5.20. The van der Waals surface area contributed by atoms with Gasteiger partial charge < -0.3 is 4.74 Å². The summed E-state index contributed by atoms with van der Waals surface area (Å²) >= 11 is 0. The summed E-state index contributed by atoms with van der Waals surface area (Å²) in [5.74, 6) is -1.34. The Hall–Kier alpha value is -2.24. The number of hydrogen-bond donors (Lipinski definition) is 0. The molecule has 6 nitrogen and oxygen atoms in total. The van der Waals surface area contributed by atoms with Crippen LogP contribution in [0.4, 0.5) is 5.69 Å². The number of para-hydroxylation sites is 1. The van der Waals surface area contributed by atoms with Gasteiger partial charge in [-0.1, -0.05) is 12.1 Å². The van der Waals surface area contributed by atoms with E-state index < -0.39 is 23.1 Å². The smallest absolute Gasteiger partial charge is 0.313 e. The minimum absolute atomic E-state index is 0.0691. The normalized spacial score (nSPS) is 9.76. The number of nitrogens with zero attached hydrogens (tertiary/aromatic N) is 1. The summed E-state index contributed by atoms with van der Waals surface area (Å²) in [7, 11) is 1.15. The van der Waals surface area contributed by atoms with Gasteiger partial charge in [-0.05, 0) is 13.0 Å². The van der Waals surface area contributed by atoms with E-state index >= 15 is 0 Å². The van der Waals surface area contributed by atoms with Crippen molar-refractivity contribution in [3.8, 4) is 0 Å². The summed E-state index contributed by atoms with van der Waals surface area (Å²) in [5, 5.41) is 10.8. The van der Waals surface area contributed by atoms with Gasteiger partial charge in [0.2, 0.25) is 0 Å². The summed E-state index contributed by atoms with van der Waals surface area (Å²) < 4.78 is 4.34. The molecule has 0 heterocycles. The highest BCUT2D eigenvalue weighted by atomic mass is 16.6. The molecule has 1 aromatic rings. The molecule has 0 aliphatic rings. The number of nitro groups is 1. The average molecular weight is 237 g/mol. The van der Waals surface area contributed by atoms with E-state index in [1.807, 2.05) is 0 Å². The predicted molar refractivity (Wildman–Crippen MR) is 58.8 cm³/mol. The molecule has 0 aliphatic heterocycles. The highest BCUT2D eigenvalue weighted by molar-refractivity contribution is 6.08. The third-order valence-electron chi connectivity index (χ3n) is 2.25. The molecular formula is C11H11NO5. The number of methoxy groups -OCH3 is 1. The number of rotatable bonds is 4. The molecule has 1 rings (SSSR count). The Morgan fingerprint density at radius 3 is 2.59 bits per heavy atom. The van der Waals surface area contributed by atoms with Gasteiger partial charge in [-0.2, -0.15) is 0 Å². The number of ether oxygens (including phenoxy) is 1. The van der Waals surface area contributed by atoms with Gasteiger partial charge in [0.25, 0.3) is 5.69 Å². The van der Waals surface area contributed by atoms with E-state index in [1.165, 1.54) is 25.1 Å². The Balaban J connectivity index is 3.13. The molecule has 0 aromatic heterocycles. The zero-order chi connectivity index (χ0) is 13.0. The number of hydrogen-bond acceptors (Lipinski definition) is 5. The van der Waals surface area contributed by atoms with E-state index in [0.29, 0.717) is 5.56 Å². The predicted octanol–water partition coefficient (Wildman–Crippen LogP) is 1.65. The molecule has 6 heteroatoms. The second-order valence-corrected chi connectivity index (χ2v) is 3.40. The lowest BCUT2D eigenvalue weighted by atomic mass is 10.0. The minimum Gasteiger partial charge on any atom is -0.469 e. The topological polar surface area (TPSA) is 86.5 Å². The fraction of sp³-hybridized carbons (Fsp3) is 0.273. The van der Waals surface area contributed by atoms with Crippen molar-refractivity contribution in [2.24, 2.45) is 0 Å². The lowest BCUT2D eigenvalue weighted by Gasteiger charge is -2.03. The molecule has 1 aromatic carbocycles. The van der Waals surface area contributed by atoms with Gasteiger partial charge >= 0.3 is 5.97 Å². The third kappa shape index (κ3) is 2.87. The van der Waals surface area contributed by atoms with Crippen LogP contribution in [0.1, 0.15) is 22.3 Å². The van der Waals surface area contributed by atoms with Crippen LogP contribution in [-0.2, 0) is 9.53 Å². The first-order valence-electron chi connectivity index (χ1n) is 4.81. The van der Waals surface area contributed by atoms with Crippen LogP contribution in [0.25, 0.3) is 0 Å². The standard InChI is InChI=1S/C11H11NO5/c1-7-4-3-5-8(11(7)12(15)16)9(13)6-10(14)17-2/h3-5H,6H2,1-2H3. The van der Waals surface area contributed by atoms with Crippen LogP contribution < -0.4 is 0 Å². The van der Waals surface area contributed by atoms with E-state index in [2.05, 4.69) is 4.74 Å². The van der Waals surface area contributed by atoms with Crippen LogP contribution in [0.15, 0.2) is 18.2 Å². The third-order valence-corrected chi connectivity index (χ3v) is 2.25. The van der Waals surface area contributed by atoms with E-state index in [0.717, 1.165) is 7.11 Å². The summed E-state index contributed by atoms with van der Waals surface area (Å²) in [6, 6.07) is 4.40. The molecule has 0 saturated carbocycles. The number of esters is 1. The molecule has 0 bridgehead atoms. The maximum Gasteiger partial charge on any atom is 0.313 e. The summed E-state index contributed by atoms with van der Waals surface area (Å²) in [6.45, 7) is 1.53. The second-order valence-electron chi connectivity index (χ2n) is 3.40. The van der Waals surface area contributed by atoms with Crippen LogP contribution >= 0.6 is 0 Å². The van der Waals surface area contributed by atoms with Crippen LogP contribution in [-0.4, -0.2) is 23.8 Å². The van der Waals surface area contributed by atoms with Gasteiger partial charge in [-0.15, -0.1) is 0 Å². The number of nitro benzene ring substituents is 1. The molecule has 0 radical (unpaired) electrons. The SMILES string of the molecule is COC(=O)CC(=O)c1cccc(C)c1[N+](=O)[O-]. The van der Waals surface area contributed by atoms with Gasteiger partial charge in [0.1, 0.15) is 6.42 Å². The van der Waals surface area contributed by atoms with Crippen molar-refractivity contribution < 1.29 is 19.2 Å². The molecule has 0 spiro atoms. The Bertz CT molecular complexity index is 481. The maximum absolute atomic E-state index is 11.7. The highest BCUT2D eigenvalue weighted by Crippen LogP contribution is 2.24. The number of Topliss-reactive ketones (excluding diaryl/α,β-unsaturated/α-hetero) is 1. The summed E-state index contributed by atoms with van der Waals surface area (Å²) in [4.78, 5) is 32.8. The Morgan fingerprint density at radius 1 is 1.41 bits per heavy atom. The van der Waals surface area contributed by atoms with Crippen molar-refractivity contribution in [2.45, 2.75) is 13.3 Å². The molecule has 0 unspecified atom stereocenters. The Morgan fingerprint density at radius 2 is 2.06 bits per heavy atom. The number of carbonyl (C=O) groups excluding carboxylic acids is 2. The lowest BCUT2D eigenvalue weighted by molar-refractivity contribution is -0.385. The van der Waals surface area contributed by atoms with Gasteiger partial charge in [0.05, 0.1) is 17.6 Å². The molecule has 0 N–H and O–H groups in total. The van der Waals surface area contributed by atoms with Crippen molar-refractivity contribution in [2.75, 3.05) is 7.11 Å². The molecule has 0 amide bonds. The van der Waals surface area contributed by atoms with Crippen molar-refractivity contribution >= 4 is 17.4 Å². The monoisotopic (exact) mass is 237 g/mol. The highest BCUT2D eigenvalue weighted by Gasteiger charge is 2.23. The minimum atomic E-state index is -0.717. The first kappa shape index (κ1) is 12.8. The number of ketones is 1. The van der Waals surface area contributed by atoms with Gasteiger partial charge in [-0.25, -0.2) is 0 Å². The summed E-state index contributed by atoms with van der Waals surface area (Å²) in [5.41, 5.74) is 0.0486. The van der Waals surface area contributed by atoms with Gasteiger partial charge in [-0.3, -0.25) is 19.7 Å². The van der Waals surface area contributed by atoms with Crippen molar-refractivity contribution in [1.29, 1.82) is 0 Å². The Labute approximate surface area is 97.3 Å². The van der Waals surface area contributed by atoms with Crippen molar-refractivity contribution in [3.63, 3.8) is 0 Å². The van der Waals surface area contributed by atoms with Crippen LogP contribution in [0.2, 0.25) is 0 Å². The molecular weight excluding hydrogens is 226 g/mol. The van der Waals surface area contributed by atoms with Crippen LogP contribution in [0.5, 0.6) is 0 Å². The van der Waals surface area contributed by atoms with Crippen molar-refractivity contribution in [3.05, 3.63) is 39.4 Å². The largest absolute Gasteiger partial charge is 0.469 e. The molecule has 0 atom stereocenters. The van der Waals surface area contributed by atoms with Gasteiger partial charge in [0, 0.05) is 5.56 Å². The summed E-state index contributed by atoms with van der Waals surface area (Å²) in [6.07, 6.45) is -0.499. The Kier molecular flexibility index (Phi) is 3.92. The van der Waals surface area contributed by atoms with E-state index in [9.17, 15) is 19.7 Å². The quantitative estimate of drug-likeness (QED) is 0.261. The maximum atomic E-state index is 11.7. The van der Waals surface area contributed by atoms with E-state index in [1.54, 1.807) is 0 Å². The average Bonchev–Trinajstić information content (AvgIpc) is 2.27. The molecule has 90 valence electrons. The van der Waals surface area contributed by atoms with E-state index in [4.69, 9.17) is 0 Å². The fourth-order valence-corrected chi connectivity index (χ4v) is 1.42. The molecule has 17 heavy (non-hydrogen) atoms. The number of benzene rings is 1. The number of carbonyl (C=O) groups is 2. The fourth-order valence-electron chi connectivity index (χ4n) is 1.42.